The third-order valence-electron chi connectivity index (χ3n) is 5.23. The molecule has 0 atom stereocenters. The molecule has 1 aliphatic heterocycles. The van der Waals surface area contributed by atoms with Crippen molar-refractivity contribution in [2.24, 2.45) is 5.92 Å². The highest BCUT2D eigenvalue weighted by molar-refractivity contribution is 7.89. The Morgan fingerprint density at radius 3 is 2.43 bits per heavy atom. The van der Waals surface area contributed by atoms with Gasteiger partial charge >= 0.3 is 5.97 Å². The first-order valence-electron chi connectivity index (χ1n) is 9.26. The van der Waals surface area contributed by atoms with Crippen LogP contribution < -0.4 is 0 Å². The minimum atomic E-state index is -3.55. The topological polar surface area (TPSA) is 63.7 Å². The number of piperidine rings is 1. The lowest BCUT2D eigenvalue weighted by atomic mass is 9.98. The zero-order chi connectivity index (χ0) is 20.3. The summed E-state index contributed by atoms with van der Waals surface area (Å²) >= 11 is 6.08. The lowest BCUT2D eigenvalue weighted by Crippen LogP contribution is -2.40. The quantitative estimate of drug-likeness (QED) is 0.682. The molecule has 5 nitrogen and oxygen atoms in total. The number of ether oxygens (including phenoxy) is 1. The molecule has 2 aromatic carbocycles. The van der Waals surface area contributed by atoms with Crippen LogP contribution in [0.25, 0.3) is 0 Å². The Kier molecular flexibility index (Phi) is 6.43. The fraction of sp³-hybridized carbons (Fsp3) is 0.381. The first-order valence-corrected chi connectivity index (χ1v) is 11.1. The van der Waals surface area contributed by atoms with Gasteiger partial charge in [-0.1, -0.05) is 35.9 Å². The van der Waals surface area contributed by atoms with Crippen molar-refractivity contribution in [2.45, 2.75) is 38.2 Å². The molecule has 150 valence electrons. The van der Waals surface area contributed by atoms with E-state index in [4.69, 9.17) is 16.3 Å². The van der Waals surface area contributed by atoms with Crippen LogP contribution in [0.15, 0.2) is 47.4 Å². The molecule has 1 heterocycles. The van der Waals surface area contributed by atoms with Gasteiger partial charge < -0.3 is 4.74 Å². The van der Waals surface area contributed by atoms with Crippen molar-refractivity contribution in [2.75, 3.05) is 13.1 Å². The predicted octanol–water partition coefficient (Wildman–Crippen LogP) is 4.10. The second-order valence-electron chi connectivity index (χ2n) is 7.12. The smallest absolute Gasteiger partial charge is 0.309 e. The summed E-state index contributed by atoms with van der Waals surface area (Å²) in [5.74, 6) is -0.600. The normalized spacial score (nSPS) is 16.1. The average molecular weight is 422 g/mol. The molecule has 1 fully saturated rings. The van der Waals surface area contributed by atoms with Gasteiger partial charge in [-0.15, -0.1) is 0 Å². The number of nitrogens with zero attached hydrogens (tertiary/aromatic N) is 1. The fourth-order valence-corrected chi connectivity index (χ4v) is 4.98. The van der Waals surface area contributed by atoms with E-state index in [9.17, 15) is 13.2 Å². The Balaban J connectivity index is 1.58. The summed E-state index contributed by atoms with van der Waals surface area (Å²) in [5, 5.41) is 0.560. The molecule has 3 rings (SSSR count). The number of halogens is 1. The lowest BCUT2D eigenvalue weighted by molar-refractivity contribution is -0.151. The lowest BCUT2D eigenvalue weighted by Gasteiger charge is -2.30. The average Bonchev–Trinajstić information content (AvgIpc) is 2.69. The van der Waals surface area contributed by atoms with Crippen LogP contribution in [0.1, 0.15) is 29.5 Å². The SMILES string of the molecule is Cc1ccc(S(=O)(=O)N2CCC(C(=O)OCc3ccccc3Cl)CC2)cc1C. The first kappa shape index (κ1) is 20.8. The molecule has 0 aliphatic carbocycles. The van der Waals surface area contributed by atoms with Crippen LogP contribution in [0.3, 0.4) is 0 Å². The molecule has 7 heteroatoms. The Morgan fingerprint density at radius 1 is 1.11 bits per heavy atom. The van der Waals surface area contributed by atoms with Crippen LogP contribution in [0.4, 0.5) is 0 Å². The zero-order valence-electron chi connectivity index (χ0n) is 16.0. The van der Waals surface area contributed by atoms with Crippen molar-refractivity contribution >= 4 is 27.6 Å². The second-order valence-corrected chi connectivity index (χ2v) is 9.47. The maximum atomic E-state index is 12.9. The Hall–Kier alpha value is -1.89. The van der Waals surface area contributed by atoms with Gasteiger partial charge in [-0.3, -0.25) is 4.79 Å². The number of hydrogen-bond acceptors (Lipinski definition) is 4. The summed E-state index contributed by atoms with van der Waals surface area (Å²) in [5.41, 5.74) is 2.75. The zero-order valence-corrected chi connectivity index (χ0v) is 17.6. The second kappa shape index (κ2) is 8.64. The molecule has 0 bridgehead atoms. The third kappa shape index (κ3) is 4.57. The highest BCUT2D eigenvalue weighted by Crippen LogP contribution is 2.26. The number of esters is 1. The molecule has 0 aromatic heterocycles. The maximum absolute atomic E-state index is 12.9. The van der Waals surface area contributed by atoms with Crippen molar-refractivity contribution in [1.29, 1.82) is 0 Å². The fourth-order valence-electron chi connectivity index (χ4n) is 3.24. The molecule has 0 N–H and O–H groups in total. The van der Waals surface area contributed by atoms with Crippen LogP contribution in [0.2, 0.25) is 5.02 Å². The van der Waals surface area contributed by atoms with Gasteiger partial charge in [0.2, 0.25) is 10.0 Å². The van der Waals surface area contributed by atoms with Gasteiger partial charge in [0, 0.05) is 23.7 Å². The van der Waals surface area contributed by atoms with E-state index in [-0.39, 0.29) is 18.5 Å². The van der Waals surface area contributed by atoms with Crippen molar-refractivity contribution in [3.63, 3.8) is 0 Å². The summed E-state index contributed by atoms with van der Waals surface area (Å²) in [7, 11) is -3.55. The molecule has 0 spiro atoms. The van der Waals surface area contributed by atoms with E-state index in [1.165, 1.54) is 4.31 Å². The van der Waals surface area contributed by atoms with Crippen molar-refractivity contribution in [3.05, 3.63) is 64.2 Å². The number of carbonyl (C=O) groups is 1. The number of aryl methyl sites for hydroxylation is 2. The number of rotatable bonds is 5. The minimum absolute atomic E-state index is 0.125. The predicted molar refractivity (Wildman–Crippen MR) is 109 cm³/mol. The standard InChI is InChI=1S/C21H24ClNO4S/c1-15-7-8-19(13-16(15)2)28(25,26)23-11-9-17(10-12-23)21(24)27-14-18-5-3-4-6-20(18)22/h3-8,13,17H,9-12,14H2,1-2H3. The van der Waals surface area contributed by atoms with Gasteiger partial charge in [0.05, 0.1) is 10.8 Å². The van der Waals surface area contributed by atoms with E-state index in [0.717, 1.165) is 16.7 Å². The number of benzene rings is 2. The van der Waals surface area contributed by atoms with Crippen molar-refractivity contribution in [3.8, 4) is 0 Å². The number of sulfonamides is 1. The van der Waals surface area contributed by atoms with E-state index in [2.05, 4.69) is 0 Å². The summed E-state index contributed by atoms with van der Waals surface area (Å²) < 4.78 is 32.6. The van der Waals surface area contributed by atoms with Gasteiger partial charge in [0.15, 0.2) is 0 Å². The van der Waals surface area contributed by atoms with Gasteiger partial charge in [-0.2, -0.15) is 4.31 Å². The summed E-state index contributed by atoms with van der Waals surface area (Å²) in [6, 6.07) is 12.4. The highest BCUT2D eigenvalue weighted by atomic mass is 35.5. The molecule has 1 aliphatic rings. The minimum Gasteiger partial charge on any atom is -0.461 e. The summed E-state index contributed by atoms with van der Waals surface area (Å²) in [6.45, 7) is 4.59. The molecule has 0 unspecified atom stereocenters. The summed E-state index contributed by atoms with van der Waals surface area (Å²) in [6.07, 6.45) is 0.900. The van der Waals surface area contributed by atoms with Gasteiger partial charge in [-0.25, -0.2) is 8.42 Å². The van der Waals surface area contributed by atoms with Crippen molar-refractivity contribution < 1.29 is 17.9 Å². The Bertz CT molecular complexity index is 966. The van der Waals surface area contributed by atoms with Crippen LogP contribution in [0, 0.1) is 19.8 Å². The largest absolute Gasteiger partial charge is 0.461 e. The molecular formula is C21H24ClNO4S. The van der Waals surface area contributed by atoms with E-state index in [1.807, 2.05) is 38.1 Å². The molecule has 1 saturated heterocycles. The van der Waals surface area contributed by atoms with Crippen LogP contribution in [-0.4, -0.2) is 31.8 Å². The van der Waals surface area contributed by atoms with Crippen LogP contribution >= 0.6 is 11.6 Å². The Labute approximate surface area is 171 Å². The monoisotopic (exact) mass is 421 g/mol. The van der Waals surface area contributed by atoms with Gasteiger partial charge in [-0.05, 0) is 56.0 Å². The molecule has 0 radical (unpaired) electrons. The van der Waals surface area contributed by atoms with E-state index < -0.39 is 10.0 Å². The van der Waals surface area contributed by atoms with Crippen molar-refractivity contribution in [1.82, 2.24) is 4.31 Å². The van der Waals surface area contributed by atoms with E-state index in [1.54, 1.807) is 18.2 Å². The highest BCUT2D eigenvalue weighted by Gasteiger charge is 2.33. The maximum Gasteiger partial charge on any atom is 0.309 e. The van der Waals surface area contributed by atoms with Crippen LogP contribution in [0.5, 0.6) is 0 Å². The molecule has 0 amide bonds. The van der Waals surface area contributed by atoms with E-state index in [0.29, 0.717) is 35.8 Å². The van der Waals surface area contributed by atoms with Gasteiger partial charge in [0.1, 0.15) is 6.61 Å². The molecule has 28 heavy (non-hydrogen) atoms. The first-order chi connectivity index (χ1) is 13.3. The summed E-state index contributed by atoms with van der Waals surface area (Å²) in [4.78, 5) is 12.7. The van der Waals surface area contributed by atoms with Crippen LogP contribution in [-0.2, 0) is 26.2 Å². The van der Waals surface area contributed by atoms with E-state index >= 15 is 0 Å². The number of carbonyl (C=O) groups excluding carboxylic acids is 1. The third-order valence-corrected chi connectivity index (χ3v) is 7.49. The molecular weight excluding hydrogens is 398 g/mol. The Morgan fingerprint density at radius 2 is 1.79 bits per heavy atom. The molecule has 2 aromatic rings. The van der Waals surface area contributed by atoms with Gasteiger partial charge in [0.25, 0.3) is 0 Å². The number of hydrogen-bond donors (Lipinski definition) is 0. The molecule has 0 saturated carbocycles.